The lowest BCUT2D eigenvalue weighted by Gasteiger charge is -2.24. The minimum absolute atomic E-state index is 0.188. The van der Waals surface area contributed by atoms with E-state index in [-0.39, 0.29) is 12.5 Å². The van der Waals surface area contributed by atoms with Gasteiger partial charge in [-0.1, -0.05) is 24.3 Å². The van der Waals surface area contributed by atoms with Crippen LogP contribution < -0.4 is 5.32 Å². The number of carbonyl (C=O) groups excluding carboxylic acids is 1. The number of imidazole rings is 1. The van der Waals surface area contributed by atoms with Gasteiger partial charge in [0.25, 0.3) is 5.91 Å². The SMILES string of the molecule is O=C(NCC1(O)CCc2ccccc21)c1ccn2cncc2c1. The summed E-state index contributed by atoms with van der Waals surface area (Å²) in [5.74, 6) is -0.188. The Morgan fingerprint density at radius 2 is 2.22 bits per heavy atom. The normalized spacial score (nSPS) is 19.7. The maximum absolute atomic E-state index is 12.4. The average molecular weight is 307 g/mol. The van der Waals surface area contributed by atoms with Crippen LogP contribution in [0.2, 0.25) is 0 Å². The Balaban J connectivity index is 1.51. The van der Waals surface area contributed by atoms with Crippen molar-refractivity contribution in [2.24, 2.45) is 0 Å². The Bertz CT molecular complexity index is 887. The first kappa shape index (κ1) is 14.0. The van der Waals surface area contributed by atoms with E-state index in [2.05, 4.69) is 10.3 Å². The van der Waals surface area contributed by atoms with Gasteiger partial charge in [-0.2, -0.15) is 0 Å². The minimum atomic E-state index is -0.979. The van der Waals surface area contributed by atoms with Crippen LogP contribution in [0.25, 0.3) is 5.52 Å². The molecule has 1 amide bonds. The molecule has 5 heteroatoms. The van der Waals surface area contributed by atoms with E-state index in [0.717, 1.165) is 23.1 Å². The molecule has 2 N–H and O–H groups in total. The molecule has 1 aliphatic rings. The van der Waals surface area contributed by atoms with Crippen LogP contribution >= 0.6 is 0 Å². The fourth-order valence-corrected chi connectivity index (χ4v) is 3.24. The average Bonchev–Trinajstić information content (AvgIpc) is 3.18. The molecule has 116 valence electrons. The number of fused-ring (bicyclic) bond motifs is 2. The van der Waals surface area contributed by atoms with Crippen LogP contribution in [0.1, 0.15) is 27.9 Å². The largest absolute Gasteiger partial charge is 0.383 e. The molecule has 1 atom stereocenters. The summed E-state index contributed by atoms with van der Waals surface area (Å²) in [6.07, 6.45) is 6.67. The van der Waals surface area contributed by atoms with E-state index in [4.69, 9.17) is 0 Å². The van der Waals surface area contributed by atoms with E-state index in [1.165, 1.54) is 0 Å². The highest BCUT2D eigenvalue weighted by molar-refractivity contribution is 5.95. The smallest absolute Gasteiger partial charge is 0.251 e. The zero-order valence-corrected chi connectivity index (χ0v) is 12.6. The summed E-state index contributed by atoms with van der Waals surface area (Å²) in [6, 6.07) is 11.4. The number of nitrogens with one attached hydrogen (secondary N) is 1. The van der Waals surface area contributed by atoms with Crippen molar-refractivity contribution in [3.63, 3.8) is 0 Å². The lowest BCUT2D eigenvalue weighted by molar-refractivity contribution is 0.0369. The van der Waals surface area contributed by atoms with E-state index in [1.54, 1.807) is 30.9 Å². The third-order valence-electron chi connectivity index (χ3n) is 4.54. The number of carbonyl (C=O) groups is 1. The van der Waals surface area contributed by atoms with Crippen molar-refractivity contribution < 1.29 is 9.90 Å². The highest BCUT2D eigenvalue weighted by Crippen LogP contribution is 2.36. The van der Waals surface area contributed by atoms with Crippen molar-refractivity contribution in [2.45, 2.75) is 18.4 Å². The van der Waals surface area contributed by atoms with Crippen LogP contribution in [0, 0.1) is 0 Å². The van der Waals surface area contributed by atoms with Gasteiger partial charge >= 0.3 is 0 Å². The molecule has 1 aliphatic carbocycles. The molecule has 5 nitrogen and oxygen atoms in total. The highest BCUT2D eigenvalue weighted by Gasteiger charge is 2.36. The number of aryl methyl sites for hydroxylation is 1. The van der Waals surface area contributed by atoms with Gasteiger partial charge in [-0.25, -0.2) is 4.98 Å². The molecule has 3 aromatic rings. The quantitative estimate of drug-likeness (QED) is 0.776. The number of hydrogen-bond acceptors (Lipinski definition) is 3. The summed E-state index contributed by atoms with van der Waals surface area (Å²) in [7, 11) is 0. The predicted molar refractivity (Wildman–Crippen MR) is 86.2 cm³/mol. The Kier molecular flexibility index (Phi) is 3.16. The Hall–Kier alpha value is -2.66. The summed E-state index contributed by atoms with van der Waals surface area (Å²) in [5, 5.41) is 13.7. The van der Waals surface area contributed by atoms with E-state index < -0.39 is 5.60 Å². The van der Waals surface area contributed by atoms with Gasteiger partial charge < -0.3 is 14.8 Å². The van der Waals surface area contributed by atoms with E-state index in [0.29, 0.717) is 12.0 Å². The zero-order chi connectivity index (χ0) is 15.9. The summed E-state index contributed by atoms with van der Waals surface area (Å²) in [5.41, 5.74) is 2.53. The third kappa shape index (κ3) is 2.39. The van der Waals surface area contributed by atoms with Gasteiger partial charge in [-0.15, -0.1) is 0 Å². The van der Waals surface area contributed by atoms with Crippen molar-refractivity contribution in [2.75, 3.05) is 6.54 Å². The minimum Gasteiger partial charge on any atom is -0.383 e. The fourth-order valence-electron chi connectivity index (χ4n) is 3.24. The van der Waals surface area contributed by atoms with Crippen LogP contribution in [0.15, 0.2) is 55.1 Å². The van der Waals surface area contributed by atoms with Crippen LogP contribution in [-0.2, 0) is 12.0 Å². The van der Waals surface area contributed by atoms with Crippen LogP contribution in [-0.4, -0.2) is 26.9 Å². The number of benzene rings is 1. The fraction of sp³-hybridized carbons (Fsp3) is 0.222. The summed E-state index contributed by atoms with van der Waals surface area (Å²) in [4.78, 5) is 16.4. The van der Waals surface area contributed by atoms with Gasteiger partial charge in [-0.3, -0.25) is 4.79 Å². The summed E-state index contributed by atoms with van der Waals surface area (Å²) < 4.78 is 1.84. The standard InChI is InChI=1S/C18H17N3O2/c22-17(14-6-8-21-12-19-10-15(21)9-14)20-11-18(23)7-5-13-3-1-2-4-16(13)18/h1-4,6,8-10,12,23H,5,7,11H2,(H,20,22). The number of rotatable bonds is 3. The van der Waals surface area contributed by atoms with Crippen molar-refractivity contribution >= 4 is 11.4 Å². The van der Waals surface area contributed by atoms with Crippen LogP contribution in [0.5, 0.6) is 0 Å². The topological polar surface area (TPSA) is 66.6 Å². The van der Waals surface area contributed by atoms with E-state index in [9.17, 15) is 9.90 Å². The number of aliphatic hydroxyl groups is 1. The van der Waals surface area contributed by atoms with Gasteiger partial charge in [0.2, 0.25) is 0 Å². The lowest BCUT2D eigenvalue weighted by Crippen LogP contribution is -2.39. The molecule has 2 aromatic heterocycles. The van der Waals surface area contributed by atoms with E-state index in [1.807, 2.05) is 28.7 Å². The second-order valence-electron chi connectivity index (χ2n) is 6.01. The van der Waals surface area contributed by atoms with Crippen LogP contribution in [0.4, 0.5) is 0 Å². The summed E-state index contributed by atoms with van der Waals surface area (Å²) in [6.45, 7) is 0.216. The number of aromatic nitrogens is 2. The molecular weight excluding hydrogens is 290 g/mol. The molecule has 0 aliphatic heterocycles. The van der Waals surface area contributed by atoms with Crippen molar-refractivity contribution in [1.29, 1.82) is 0 Å². The Labute approximate surface area is 133 Å². The molecule has 23 heavy (non-hydrogen) atoms. The number of amides is 1. The second-order valence-corrected chi connectivity index (χ2v) is 6.01. The molecule has 1 aromatic carbocycles. The monoisotopic (exact) mass is 307 g/mol. The predicted octanol–water partition coefficient (Wildman–Crippen LogP) is 1.90. The van der Waals surface area contributed by atoms with Crippen LogP contribution in [0.3, 0.4) is 0 Å². The molecule has 4 rings (SSSR count). The highest BCUT2D eigenvalue weighted by atomic mass is 16.3. The van der Waals surface area contributed by atoms with Gasteiger partial charge in [-0.05, 0) is 36.1 Å². The van der Waals surface area contributed by atoms with Crippen molar-refractivity contribution in [3.8, 4) is 0 Å². The molecule has 0 bridgehead atoms. The molecule has 0 fully saturated rings. The lowest BCUT2D eigenvalue weighted by atomic mass is 9.96. The Morgan fingerprint density at radius 3 is 3.13 bits per heavy atom. The molecule has 0 saturated carbocycles. The van der Waals surface area contributed by atoms with E-state index >= 15 is 0 Å². The molecule has 0 radical (unpaired) electrons. The number of nitrogens with zero attached hydrogens (tertiary/aromatic N) is 2. The molecule has 2 heterocycles. The molecule has 0 spiro atoms. The second kappa shape index (κ2) is 5.21. The van der Waals surface area contributed by atoms with Gasteiger partial charge in [0, 0.05) is 11.8 Å². The third-order valence-corrected chi connectivity index (χ3v) is 4.54. The first-order chi connectivity index (χ1) is 11.2. The molecule has 0 saturated heterocycles. The zero-order valence-electron chi connectivity index (χ0n) is 12.6. The first-order valence-corrected chi connectivity index (χ1v) is 7.66. The first-order valence-electron chi connectivity index (χ1n) is 7.66. The molecular formula is C18H17N3O2. The summed E-state index contributed by atoms with van der Waals surface area (Å²) >= 11 is 0. The maximum Gasteiger partial charge on any atom is 0.251 e. The van der Waals surface area contributed by atoms with Crippen molar-refractivity contribution in [3.05, 3.63) is 71.8 Å². The number of hydrogen-bond donors (Lipinski definition) is 2. The molecule has 1 unspecified atom stereocenters. The van der Waals surface area contributed by atoms with Crippen molar-refractivity contribution in [1.82, 2.24) is 14.7 Å². The maximum atomic E-state index is 12.4. The number of pyridine rings is 1. The van der Waals surface area contributed by atoms with Gasteiger partial charge in [0.1, 0.15) is 5.60 Å². The van der Waals surface area contributed by atoms with Gasteiger partial charge in [0.15, 0.2) is 0 Å². The van der Waals surface area contributed by atoms with Gasteiger partial charge in [0.05, 0.1) is 24.6 Å². The Morgan fingerprint density at radius 1 is 1.35 bits per heavy atom.